The molecule has 188 valence electrons. The summed E-state index contributed by atoms with van der Waals surface area (Å²) in [5.74, 6) is 1.93. The highest BCUT2D eigenvalue weighted by atomic mass is 16.6. The van der Waals surface area contributed by atoms with E-state index in [0.717, 1.165) is 37.7 Å². The number of epoxide rings is 1. The summed E-state index contributed by atoms with van der Waals surface area (Å²) in [5.41, 5.74) is 0.333. The molecule has 11 atom stereocenters. The number of aliphatic hydroxyl groups is 2. The third-order valence-electron chi connectivity index (χ3n) is 11.9. The van der Waals surface area contributed by atoms with Crippen molar-refractivity contribution in [2.45, 2.75) is 103 Å². The summed E-state index contributed by atoms with van der Waals surface area (Å²) < 4.78 is 12.1. The molecule has 34 heavy (non-hydrogen) atoms. The number of carbonyl (C=O) groups is 2. The van der Waals surface area contributed by atoms with Crippen molar-refractivity contribution < 1.29 is 29.3 Å². The van der Waals surface area contributed by atoms with Gasteiger partial charge in [-0.1, -0.05) is 19.4 Å². The van der Waals surface area contributed by atoms with E-state index in [1.807, 2.05) is 6.92 Å². The van der Waals surface area contributed by atoms with Crippen molar-refractivity contribution in [1.82, 2.24) is 0 Å². The van der Waals surface area contributed by atoms with Gasteiger partial charge in [0.25, 0.3) is 0 Å². The van der Waals surface area contributed by atoms with Crippen LogP contribution in [0.15, 0.2) is 11.1 Å². The molecular formula is C28H40O6. The topological polar surface area (TPSA) is 96.4 Å². The molecule has 0 aromatic carbocycles. The Morgan fingerprint density at radius 3 is 2.59 bits per heavy atom. The minimum absolute atomic E-state index is 0.0146. The molecule has 2 unspecified atom stereocenters. The molecule has 0 amide bonds. The first-order valence-electron chi connectivity index (χ1n) is 13.5. The molecule has 4 saturated carbocycles. The average Bonchev–Trinajstić information content (AvgIpc) is 3.43. The number of hydrogen-bond donors (Lipinski definition) is 2. The van der Waals surface area contributed by atoms with Gasteiger partial charge in [0.2, 0.25) is 0 Å². The number of carbonyl (C=O) groups excluding carboxylic acids is 2. The van der Waals surface area contributed by atoms with Crippen molar-refractivity contribution >= 4 is 11.8 Å². The van der Waals surface area contributed by atoms with Crippen LogP contribution < -0.4 is 0 Å². The van der Waals surface area contributed by atoms with Gasteiger partial charge in [0.05, 0.1) is 29.8 Å². The van der Waals surface area contributed by atoms with Crippen LogP contribution in [0.4, 0.5) is 0 Å². The second-order valence-corrected chi connectivity index (χ2v) is 12.8. The Labute approximate surface area is 202 Å². The van der Waals surface area contributed by atoms with Crippen LogP contribution in [0, 0.1) is 40.4 Å². The van der Waals surface area contributed by atoms with Gasteiger partial charge in [-0.25, -0.2) is 4.79 Å². The van der Waals surface area contributed by atoms with Gasteiger partial charge in [0.1, 0.15) is 17.5 Å². The zero-order valence-corrected chi connectivity index (χ0v) is 21.0. The van der Waals surface area contributed by atoms with Gasteiger partial charge in [-0.3, -0.25) is 4.79 Å². The third kappa shape index (κ3) is 2.68. The van der Waals surface area contributed by atoms with Crippen molar-refractivity contribution in [2.75, 3.05) is 6.61 Å². The fourth-order valence-corrected chi connectivity index (χ4v) is 10.1. The van der Waals surface area contributed by atoms with E-state index in [2.05, 4.69) is 20.8 Å². The summed E-state index contributed by atoms with van der Waals surface area (Å²) in [7, 11) is 0. The highest BCUT2D eigenvalue weighted by Crippen LogP contribution is 2.73. The number of Topliss-reactive ketones (excluding diaryl/α,β-unsaturated/α-hetero) is 1. The van der Waals surface area contributed by atoms with E-state index < -0.39 is 17.1 Å². The fourth-order valence-electron chi connectivity index (χ4n) is 10.1. The quantitative estimate of drug-likeness (QED) is 0.482. The summed E-state index contributed by atoms with van der Waals surface area (Å²) in [4.78, 5) is 25.9. The molecule has 2 aliphatic heterocycles. The number of rotatable bonds is 3. The molecule has 0 radical (unpaired) electrons. The third-order valence-corrected chi connectivity index (χ3v) is 11.9. The van der Waals surface area contributed by atoms with Gasteiger partial charge in [-0.05, 0) is 87.4 Å². The predicted octanol–water partition coefficient (Wildman–Crippen LogP) is 3.58. The molecule has 0 aromatic rings. The minimum atomic E-state index is -0.632. The molecule has 6 heteroatoms. The van der Waals surface area contributed by atoms with Crippen LogP contribution in [0.25, 0.3) is 0 Å². The number of esters is 1. The Morgan fingerprint density at radius 1 is 1.12 bits per heavy atom. The van der Waals surface area contributed by atoms with Gasteiger partial charge >= 0.3 is 5.97 Å². The highest BCUT2D eigenvalue weighted by Gasteiger charge is 2.80. The maximum absolute atomic E-state index is 13.4. The smallest absolute Gasteiger partial charge is 0.336 e. The van der Waals surface area contributed by atoms with Gasteiger partial charge in [0, 0.05) is 12.8 Å². The second-order valence-electron chi connectivity index (χ2n) is 12.8. The van der Waals surface area contributed by atoms with Crippen LogP contribution in [0.3, 0.4) is 0 Å². The number of hydrogen-bond acceptors (Lipinski definition) is 6. The Hall–Kier alpha value is -1.24. The number of ether oxygens (including phenoxy) is 2. The maximum Gasteiger partial charge on any atom is 0.336 e. The zero-order chi connectivity index (χ0) is 24.2. The Bertz CT molecular complexity index is 957. The van der Waals surface area contributed by atoms with Crippen molar-refractivity contribution in [1.29, 1.82) is 0 Å². The van der Waals surface area contributed by atoms with Crippen molar-refractivity contribution in [2.24, 2.45) is 40.4 Å². The van der Waals surface area contributed by atoms with E-state index in [1.54, 1.807) is 0 Å². The van der Waals surface area contributed by atoms with Crippen molar-refractivity contribution in [3.63, 3.8) is 0 Å². The second kappa shape index (κ2) is 7.39. The van der Waals surface area contributed by atoms with Crippen LogP contribution in [0.1, 0.15) is 79.1 Å². The molecule has 2 N–H and O–H groups in total. The summed E-state index contributed by atoms with van der Waals surface area (Å²) in [6.45, 7) is 8.49. The normalized spacial score (nSPS) is 52.8. The Kier molecular flexibility index (Phi) is 5.04. The van der Waals surface area contributed by atoms with E-state index in [0.29, 0.717) is 48.4 Å². The molecule has 0 bridgehead atoms. The standard InChI is InChI=1S/C28H40O6/c1-14-11-21(33-25(32)17(14)13-29)15(2)18-5-6-19-16-12-24-28(34-24)23(31)8-7-22(30)27(28,4)20(16)9-10-26(18,19)3/h15-16,18-21,23-24,29,31H,5-13H2,1-4H3/t15-,16-,18?,19-,20-,21?,23-,24+,26+,27-,28+/m0/s1. The number of cyclic esters (lactones) is 1. The minimum Gasteiger partial charge on any atom is -0.458 e. The molecule has 1 spiro atoms. The highest BCUT2D eigenvalue weighted by molar-refractivity contribution is 5.90. The SMILES string of the molecule is CC1=C(CO)C(=O)OC([C@@H](C)C2CC[C@H]3[C@@H]4C[C@H]5O[C@]56[C@@H](O)CCC(=O)[C@]6(C)[C@H]4CC[C@]23C)C1. The summed E-state index contributed by atoms with van der Waals surface area (Å²) in [6.07, 6.45) is 6.38. The number of ketones is 1. The zero-order valence-electron chi connectivity index (χ0n) is 21.0. The first-order valence-corrected chi connectivity index (χ1v) is 13.5. The number of fused-ring (bicyclic) bond motifs is 4. The van der Waals surface area contributed by atoms with E-state index in [-0.39, 0.29) is 42.0 Å². The monoisotopic (exact) mass is 472 g/mol. The van der Waals surface area contributed by atoms with Gasteiger partial charge in [0.15, 0.2) is 0 Å². The van der Waals surface area contributed by atoms with E-state index in [4.69, 9.17) is 9.47 Å². The van der Waals surface area contributed by atoms with Crippen LogP contribution in [-0.2, 0) is 19.1 Å². The molecule has 4 aliphatic carbocycles. The van der Waals surface area contributed by atoms with Gasteiger partial charge in [-0.15, -0.1) is 0 Å². The number of aliphatic hydroxyl groups excluding tert-OH is 2. The molecule has 5 fully saturated rings. The lowest BCUT2D eigenvalue weighted by molar-refractivity contribution is -0.166. The van der Waals surface area contributed by atoms with Crippen LogP contribution in [0.5, 0.6) is 0 Å². The summed E-state index contributed by atoms with van der Waals surface area (Å²) >= 11 is 0. The van der Waals surface area contributed by atoms with Crippen LogP contribution in [0.2, 0.25) is 0 Å². The molecule has 0 aromatic heterocycles. The molecule has 6 aliphatic rings. The van der Waals surface area contributed by atoms with Crippen LogP contribution in [-0.4, -0.2) is 52.5 Å². The maximum atomic E-state index is 13.4. The molecule has 6 rings (SSSR count). The first-order chi connectivity index (χ1) is 16.1. The molecule has 1 saturated heterocycles. The average molecular weight is 473 g/mol. The van der Waals surface area contributed by atoms with Gasteiger partial charge < -0.3 is 19.7 Å². The van der Waals surface area contributed by atoms with E-state index >= 15 is 0 Å². The summed E-state index contributed by atoms with van der Waals surface area (Å²) in [5, 5.41) is 20.4. The van der Waals surface area contributed by atoms with E-state index in [9.17, 15) is 19.8 Å². The molecule has 2 heterocycles. The van der Waals surface area contributed by atoms with E-state index in [1.165, 1.54) is 0 Å². The Morgan fingerprint density at radius 2 is 1.88 bits per heavy atom. The predicted molar refractivity (Wildman–Crippen MR) is 125 cm³/mol. The molecular weight excluding hydrogens is 432 g/mol. The summed E-state index contributed by atoms with van der Waals surface area (Å²) in [6, 6.07) is 0. The van der Waals surface area contributed by atoms with Crippen LogP contribution >= 0.6 is 0 Å². The lowest BCUT2D eigenvalue weighted by Crippen LogP contribution is -2.64. The van der Waals surface area contributed by atoms with Crippen molar-refractivity contribution in [3.05, 3.63) is 11.1 Å². The lowest BCUT2D eigenvalue weighted by atomic mass is 9.43. The van der Waals surface area contributed by atoms with Crippen molar-refractivity contribution in [3.8, 4) is 0 Å². The lowest BCUT2D eigenvalue weighted by Gasteiger charge is -2.59. The molecule has 6 nitrogen and oxygen atoms in total. The van der Waals surface area contributed by atoms with Gasteiger partial charge in [-0.2, -0.15) is 0 Å². The Balaban J connectivity index is 1.26. The fraction of sp³-hybridized carbons (Fsp3) is 0.857. The largest absolute Gasteiger partial charge is 0.458 e. The first kappa shape index (κ1) is 23.2.